The molecule has 0 saturated heterocycles. The third-order valence-corrected chi connectivity index (χ3v) is 7.51. The molecule has 0 aliphatic carbocycles. The third kappa shape index (κ3) is 8.21. The van der Waals surface area contributed by atoms with Gasteiger partial charge in [-0.2, -0.15) is 0 Å². The first-order chi connectivity index (χ1) is 18.0. The average molecular weight is 577 g/mol. The summed E-state index contributed by atoms with van der Waals surface area (Å²) in [7, 11) is -3.82. The number of para-hydroxylation sites is 1. The summed E-state index contributed by atoms with van der Waals surface area (Å²) in [6.07, 6.45) is 1.27. The first kappa shape index (κ1) is 29.5. The number of carbonyl (C=O) groups is 2. The maximum Gasteiger partial charge on any atom is 0.244 e. The summed E-state index contributed by atoms with van der Waals surface area (Å²) in [4.78, 5) is 28.8. The van der Waals surface area contributed by atoms with Gasteiger partial charge in [0, 0.05) is 29.1 Å². The van der Waals surface area contributed by atoms with E-state index < -0.39 is 28.5 Å². The minimum absolute atomic E-state index is 0.0236. The molecule has 0 saturated carbocycles. The second-order valence-electron chi connectivity index (χ2n) is 9.23. The van der Waals surface area contributed by atoms with Crippen LogP contribution in [0.2, 0.25) is 10.0 Å². The number of carbonyl (C=O) groups excluding carboxylic acids is 2. The second kappa shape index (κ2) is 13.1. The summed E-state index contributed by atoms with van der Waals surface area (Å²) in [5, 5.41) is 3.67. The quantitative estimate of drug-likeness (QED) is 0.351. The SMILES string of the molecule is CC(C)NC(=O)[C@@H](Cc1ccccc1)N(Cc1ccc(Cl)cc1Cl)C(=O)CN(c1ccccc1)S(C)(=O)=O. The van der Waals surface area contributed by atoms with Crippen molar-refractivity contribution in [3.8, 4) is 0 Å². The van der Waals surface area contributed by atoms with Gasteiger partial charge >= 0.3 is 0 Å². The van der Waals surface area contributed by atoms with E-state index in [1.165, 1.54) is 4.90 Å². The lowest BCUT2D eigenvalue weighted by molar-refractivity contribution is -0.140. The van der Waals surface area contributed by atoms with Crippen LogP contribution >= 0.6 is 23.2 Å². The van der Waals surface area contributed by atoms with Crippen LogP contribution in [0.15, 0.2) is 78.9 Å². The molecule has 1 atom stereocenters. The number of hydrogen-bond donors (Lipinski definition) is 1. The summed E-state index contributed by atoms with van der Waals surface area (Å²) in [6.45, 7) is 3.15. The Bertz CT molecular complexity index is 1350. The van der Waals surface area contributed by atoms with Crippen LogP contribution < -0.4 is 9.62 Å². The van der Waals surface area contributed by atoms with Crippen molar-refractivity contribution in [3.63, 3.8) is 0 Å². The molecule has 1 N–H and O–H groups in total. The lowest BCUT2D eigenvalue weighted by Crippen LogP contribution is -2.54. The van der Waals surface area contributed by atoms with E-state index in [-0.39, 0.29) is 24.9 Å². The predicted octanol–water partition coefficient (Wildman–Crippen LogP) is 4.92. The van der Waals surface area contributed by atoms with E-state index in [1.807, 2.05) is 44.2 Å². The van der Waals surface area contributed by atoms with Gasteiger partial charge < -0.3 is 10.2 Å². The van der Waals surface area contributed by atoms with E-state index in [9.17, 15) is 18.0 Å². The summed E-state index contributed by atoms with van der Waals surface area (Å²) < 4.78 is 26.5. The molecule has 0 fully saturated rings. The van der Waals surface area contributed by atoms with Crippen LogP contribution in [0.5, 0.6) is 0 Å². The van der Waals surface area contributed by atoms with Crippen molar-refractivity contribution in [2.24, 2.45) is 0 Å². The monoisotopic (exact) mass is 575 g/mol. The van der Waals surface area contributed by atoms with Crippen LogP contribution in [0.3, 0.4) is 0 Å². The minimum Gasteiger partial charge on any atom is -0.352 e. The largest absolute Gasteiger partial charge is 0.352 e. The first-order valence-corrected chi connectivity index (χ1v) is 14.7. The standard InChI is InChI=1S/C28H31Cl2N3O4S/c1-20(2)31-28(35)26(16-21-10-6-4-7-11-21)32(18-22-14-15-23(29)17-25(22)30)27(34)19-33(38(3,36)37)24-12-8-5-9-13-24/h4-15,17,20,26H,16,18-19H2,1-3H3,(H,31,35)/t26-/m1/s1. The van der Waals surface area contributed by atoms with Gasteiger partial charge in [0.25, 0.3) is 0 Å². The average Bonchev–Trinajstić information content (AvgIpc) is 2.85. The summed E-state index contributed by atoms with van der Waals surface area (Å²) in [5.41, 5.74) is 1.77. The van der Waals surface area contributed by atoms with Crippen LogP contribution in [0.25, 0.3) is 0 Å². The summed E-state index contributed by atoms with van der Waals surface area (Å²) in [6, 6.07) is 21.5. The highest BCUT2D eigenvalue weighted by Crippen LogP contribution is 2.25. The molecule has 38 heavy (non-hydrogen) atoms. The van der Waals surface area contributed by atoms with Crippen LogP contribution in [0, 0.1) is 0 Å². The van der Waals surface area contributed by atoms with Crippen molar-refractivity contribution in [1.82, 2.24) is 10.2 Å². The summed E-state index contributed by atoms with van der Waals surface area (Å²) >= 11 is 12.5. The molecular weight excluding hydrogens is 545 g/mol. The Labute approximate surface area is 234 Å². The van der Waals surface area contributed by atoms with Crippen molar-refractivity contribution in [2.75, 3.05) is 17.1 Å². The second-order valence-corrected chi connectivity index (χ2v) is 12.0. The Kier molecular flexibility index (Phi) is 10.2. The fourth-order valence-electron chi connectivity index (χ4n) is 3.98. The normalized spacial score (nSPS) is 12.2. The van der Waals surface area contributed by atoms with E-state index in [1.54, 1.807) is 48.5 Å². The first-order valence-electron chi connectivity index (χ1n) is 12.1. The van der Waals surface area contributed by atoms with Gasteiger partial charge in [0.15, 0.2) is 0 Å². The van der Waals surface area contributed by atoms with Crippen LogP contribution in [-0.2, 0) is 32.6 Å². The zero-order valence-electron chi connectivity index (χ0n) is 21.5. The fraction of sp³-hybridized carbons (Fsp3) is 0.286. The highest BCUT2D eigenvalue weighted by molar-refractivity contribution is 7.92. The zero-order valence-corrected chi connectivity index (χ0v) is 23.8. The van der Waals surface area contributed by atoms with E-state index in [0.717, 1.165) is 16.1 Å². The molecule has 7 nitrogen and oxygen atoms in total. The third-order valence-electron chi connectivity index (χ3n) is 5.78. The number of anilines is 1. The van der Waals surface area contributed by atoms with Crippen molar-refractivity contribution in [1.29, 1.82) is 0 Å². The number of amides is 2. The van der Waals surface area contributed by atoms with Crippen molar-refractivity contribution >= 4 is 50.7 Å². The molecule has 10 heteroatoms. The number of rotatable bonds is 11. The Balaban J connectivity index is 2.07. The molecule has 3 rings (SSSR count). The molecule has 0 aromatic heterocycles. The molecule has 0 heterocycles. The van der Waals surface area contributed by atoms with Crippen LogP contribution in [0.4, 0.5) is 5.69 Å². The van der Waals surface area contributed by atoms with E-state index >= 15 is 0 Å². The number of nitrogens with zero attached hydrogens (tertiary/aromatic N) is 2. The van der Waals surface area contributed by atoms with Crippen molar-refractivity contribution < 1.29 is 18.0 Å². The Morgan fingerprint density at radius 1 is 0.921 bits per heavy atom. The molecule has 202 valence electrons. The van der Waals surface area contributed by atoms with Crippen molar-refractivity contribution in [3.05, 3.63) is 100 Å². The molecule has 0 aliphatic heterocycles. The van der Waals surface area contributed by atoms with Gasteiger partial charge in [-0.25, -0.2) is 8.42 Å². The molecule has 0 radical (unpaired) electrons. The van der Waals surface area contributed by atoms with Crippen molar-refractivity contribution in [2.45, 2.75) is 38.9 Å². The Morgan fingerprint density at radius 2 is 1.53 bits per heavy atom. The number of nitrogens with one attached hydrogen (secondary N) is 1. The molecule has 3 aromatic rings. The van der Waals surface area contributed by atoms with Crippen LogP contribution in [0.1, 0.15) is 25.0 Å². The number of hydrogen-bond acceptors (Lipinski definition) is 4. The number of sulfonamides is 1. The molecule has 0 spiro atoms. The zero-order chi connectivity index (χ0) is 27.9. The fourth-order valence-corrected chi connectivity index (χ4v) is 5.29. The highest BCUT2D eigenvalue weighted by atomic mass is 35.5. The van der Waals surface area contributed by atoms with Crippen LogP contribution in [-0.4, -0.2) is 50.0 Å². The van der Waals surface area contributed by atoms with Gasteiger partial charge in [-0.05, 0) is 49.2 Å². The van der Waals surface area contributed by atoms with Gasteiger partial charge in [-0.15, -0.1) is 0 Å². The lowest BCUT2D eigenvalue weighted by Gasteiger charge is -2.34. The molecule has 0 unspecified atom stereocenters. The minimum atomic E-state index is -3.82. The van der Waals surface area contributed by atoms with Gasteiger partial charge in [-0.1, -0.05) is 77.8 Å². The number of halogens is 2. The maximum atomic E-state index is 13.9. The Morgan fingerprint density at radius 3 is 2.08 bits per heavy atom. The molecular formula is C28H31Cl2N3O4S. The molecule has 0 bridgehead atoms. The van der Waals surface area contributed by atoms with E-state index in [4.69, 9.17) is 23.2 Å². The predicted molar refractivity (Wildman–Crippen MR) is 153 cm³/mol. The van der Waals surface area contributed by atoms with Gasteiger partial charge in [0.05, 0.1) is 11.9 Å². The highest BCUT2D eigenvalue weighted by Gasteiger charge is 2.33. The van der Waals surface area contributed by atoms with E-state index in [0.29, 0.717) is 21.3 Å². The molecule has 0 aliphatic rings. The maximum absolute atomic E-state index is 13.9. The Hall–Kier alpha value is -3.07. The van der Waals surface area contributed by atoms with Gasteiger partial charge in [0.2, 0.25) is 21.8 Å². The molecule has 3 aromatic carbocycles. The van der Waals surface area contributed by atoms with Gasteiger partial charge in [0.1, 0.15) is 12.6 Å². The topological polar surface area (TPSA) is 86.8 Å². The smallest absolute Gasteiger partial charge is 0.244 e. The van der Waals surface area contributed by atoms with Gasteiger partial charge in [-0.3, -0.25) is 13.9 Å². The van der Waals surface area contributed by atoms with E-state index in [2.05, 4.69) is 5.32 Å². The summed E-state index contributed by atoms with van der Waals surface area (Å²) in [5.74, 6) is -0.905. The lowest BCUT2D eigenvalue weighted by atomic mass is 10.0. The number of benzene rings is 3. The molecule has 2 amide bonds.